The maximum Gasteiger partial charge on any atom is 0.0938 e. The normalized spacial score (nSPS) is 24.8. The van der Waals surface area contributed by atoms with Crippen molar-refractivity contribution in [2.45, 2.75) is 18.8 Å². The summed E-state index contributed by atoms with van der Waals surface area (Å²) in [6, 6.07) is 10.1. The molecule has 0 radical (unpaired) electrons. The van der Waals surface area contributed by atoms with Crippen molar-refractivity contribution in [3.8, 4) is 0 Å². The molecule has 0 amide bonds. The molecule has 1 aliphatic heterocycles. The highest BCUT2D eigenvalue weighted by molar-refractivity contribution is 5.78. The van der Waals surface area contributed by atoms with Crippen molar-refractivity contribution in [3.05, 3.63) is 42.1 Å². The van der Waals surface area contributed by atoms with Crippen molar-refractivity contribution < 1.29 is 10.2 Å². The highest BCUT2D eigenvalue weighted by atomic mass is 16.3. The third kappa shape index (κ3) is 2.22. The van der Waals surface area contributed by atoms with E-state index in [1.54, 1.807) is 6.20 Å². The summed E-state index contributed by atoms with van der Waals surface area (Å²) in [5, 5.41) is 20.2. The minimum Gasteiger partial charge on any atom is -0.389 e. The largest absolute Gasteiger partial charge is 0.389 e. The molecule has 1 aromatic carbocycles. The van der Waals surface area contributed by atoms with Crippen LogP contribution in [-0.4, -0.2) is 45.4 Å². The topological polar surface area (TPSA) is 56.6 Å². The molecule has 3 rings (SSSR count). The van der Waals surface area contributed by atoms with Gasteiger partial charge < -0.3 is 10.2 Å². The first-order valence-electron chi connectivity index (χ1n) is 6.14. The van der Waals surface area contributed by atoms with Gasteiger partial charge in [0.15, 0.2) is 0 Å². The lowest BCUT2D eigenvalue weighted by Gasteiger charge is -2.14. The monoisotopic (exact) mass is 244 g/mol. The Balaban J connectivity index is 1.79. The highest BCUT2D eigenvalue weighted by Crippen LogP contribution is 2.17. The number of aromatic nitrogens is 1. The quantitative estimate of drug-likeness (QED) is 0.819. The van der Waals surface area contributed by atoms with Gasteiger partial charge in [0, 0.05) is 31.2 Å². The van der Waals surface area contributed by atoms with E-state index in [4.69, 9.17) is 0 Å². The van der Waals surface area contributed by atoms with E-state index in [9.17, 15) is 10.2 Å². The SMILES string of the molecule is OC1CN(Cc2ccc3ncccc3c2)CC1O. The van der Waals surface area contributed by atoms with Crippen LogP contribution >= 0.6 is 0 Å². The first kappa shape index (κ1) is 11.6. The number of aliphatic hydroxyl groups is 2. The summed E-state index contributed by atoms with van der Waals surface area (Å²) >= 11 is 0. The number of hydrogen-bond acceptors (Lipinski definition) is 4. The van der Waals surface area contributed by atoms with Gasteiger partial charge in [0.25, 0.3) is 0 Å². The van der Waals surface area contributed by atoms with Crippen molar-refractivity contribution in [1.29, 1.82) is 0 Å². The molecule has 1 aromatic heterocycles. The van der Waals surface area contributed by atoms with Gasteiger partial charge in [-0.2, -0.15) is 0 Å². The molecule has 0 saturated carbocycles. The van der Waals surface area contributed by atoms with E-state index in [1.165, 1.54) is 5.56 Å². The minimum atomic E-state index is -0.618. The standard InChI is InChI=1S/C14H16N2O2/c17-13-8-16(9-14(13)18)7-10-3-4-12-11(6-10)2-1-5-15-12/h1-6,13-14,17-18H,7-9H2. The smallest absolute Gasteiger partial charge is 0.0938 e. The number of benzene rings is 1. The Morgan fingerprint density at radius 3 is 2.72 bits per heavy atom. The molecule has 18 heavy (non-hydrogen) atoms. The van der Waals surface area contributed by atoms with Crippen LogP contribution in [0.15, 0.2) is 36.5 Å². The van der Waals surface area contributed by atoms with Gasteiger partial charge in [0.2, 0.25) is 0 Å². The number of likely N-dealkylation sites (tertiary alicyclic amines) is 1. The second-order valence-electron chi connectivity index (χ2n) is 4.86. The summed E-state index contributed by atoms with van der Waals surface area (Å²) < 4.78 is 0. The fraction of sp³-hybridized carbons (Fsp3) is 0.357. The van der Waals surface area contributed by atoms with E-state index in [2.05, 4.69) is 16.0 Å². The molecule has 2 N–H and O–H groups in total. The van der Waals surface area contributed by atoms with Crippen molar-refractivity contribution in [2.75, 3.05) is 13.1 Å². The van der Waals surface area contributed by atoms with Gasteiger partial charge in [-0.1, -0.05) is 12.1 Å². The lowest BCUT2D eigenvalue weighted by Crippen LogP contribution is -2.22. The van der Waals surface area contributed by atoms with Gasteiger partial charge in [-0.15, -0.1) is 0 Å². The Morgan fingerprint density at radius 1 is 1.17 bits per heavy atom. The minimum absolute atomic E-state index is 0.534. The second kappa shape index (κ2) is 4.65. The van der Waals surface area contributed by atoms with Crippen LogP contribution in [0.25, 0.3) is 10.9 Å². The summed E-state index contributed by atoms with van der Waals surface area (Å²) in [7, 11) is 0. The Morgan fingerprint density at radius 2 is 1.94 bits per heavy atom. The van der Waals surface area contributed by atoms with Crippen LogP contribution in [0.2, 0.25) is 0 Å². The Hall–Kier alpha value is -1.49. The fourth-order valence-electron chi connectivity index (χ4n) is 2.46. The molecule has 2 heterocycles. The van der Waals surface area contributed by atoms with Gasteiger partial charge in [0.05, 0.1) is 17.7 Å². The number of nitrogens with zero attached hydrogens (tertiary/aromatic N) is 2. The number of fused-ring (bicyclic) bond motifs is 1. The summed E-state index contributed by atoms with van der Waals surface area (Å²) in [4.78, 5) is 6.35. The first-order valence-corrected chi connectivity index (χ1v) is 6.14. The van der Waals surface area contributed by atoms with Crippen molar-refractivity contribution in [1.82, 2.24) is 9.88 Å². The maximum absolute atomic E-state index is 9.52. The fourth-order valence-corrected chi connectivity index (χ4v) is 2.46. The van der Waals surface area contributed by atoms with Crippen LogP contribution in [0.3, 0.4) is 0 Å². The van der Waals surface area contributed by atoms with Gasteiger partial charge in [0.1, 0.15) is 0 Å². The molecule has 94 valence electrons. The van der Waals surface area contributed by atoms with Crippen LogP contribution in [0, 0.1) is 0 Å². The molecule has 2 unspecified atom stereocenters. The molecular formula is C14H16N2O2. The molecule has 2 atom stereocenters. The molecule has 1 fully saturated rings. The van der Waals surface area contributed by atoms with Gasteiger partial charge in [-0.25, -0.2) is 0 Å². The van der Waals surface area contributed by atoms with Crippen molar-refractivity contribution in [3.63, 3.8) is 0 Å². The van der Waals surface area contributed by atoms with Gasteiger partial charge in [-0.05, 0) is 23.8 Å². The molecule has 4 heteroatoms. The zero-order chi connectivity index (χ0) is 12.5. The Labute approximate surface area is 105 Å². The molecule has 2 aromatic rings. The number of hydrogen-bond donors (Lipinski definition) is 2. The summed E-state index contributed by atoms with van der Waals surface area (Å²) in [6.07, 6.45) is 0.550. The molecule has 0 bridgehead atoms. The lowest BCUT2D eigenvalue weighted by molar-refractivity contribution is 0.0572. The number of pyridine rings is 1. The summed E-state index contributed by atoms with van der Waals surface area (Å²) in [6.45, 7) is 1.82. The first-order chi connectivity index (χ1) is 8.72. The molecule has 0 aliphatic carbocycles. The number of rotatable bonds is 2. The van der Waals surface area contributed by atoms with E-state index in [1.807, 2.05) is 24.3 Å². The zero-order valence-corrected chi connectivity index (χ0v) is 10.0. The zero-order valence-electron chi connectivity index (χ0n) is 10.0. The van der Waals surface area contributed by atoms with Crippen LogP contribution in [0.1, 0.15) is 5.56 Å². The van der Waals surface area contributed by atoms with Crippen LogP contribution < -0.4 is 0 Å². The number of aliphatic hydroxyl groups excluding tert-OH is 2. The average Bonchev–Trinajstić information content (AvgIpc) is 2.68. The third-order valence-corrected chi connectivity index (χ3v) is 3.41. The predicted molar refractivity (Wildman–Crippen MR) is 69.0 cm³/mol. The van der Waals surface area contributed by atoms with E-state index < -0.39 is 12.2 Å². The Kier molecular flexibility index (Phi) is 2.99. The molecule has 1 aliphatic rings. The molecular weight excluding hydrogens is 228 g/mol. The van der Waals surface area contributed by atoms with Crippen molar-refractivity contribution >= 4 is 10.9 Å². The van der Waals surface area contributed by atoms with E-state index >= 15 is 0 Å². The number of β-amino-alcohol motifs (C(OH)–C–C–N with tert-alkyl or cyclic N) is 2. The highest BCUT2D eigenvalue weighted by Gasteiger charge is 2.29. The van der Waals surface area contributed by atoms with Gasteiger partial charge in [-0.3, -0.25) is 9.88 Å². The van der Waals surface area contributed by atoms with E-state index in [0.717, 1.165) is 17.4 Å². The Bertz CT molecular complexity index is 548. The van der Waals surface area contributed by atoms with Crippen LogP contribution in [-0.2, 0) is 6.54 Å². The van der Waals surface area contributed by atoms with Crippen LogP contribution in [0.5, 0.6) is 0 Å². The van der Waals surface area contributed by atoms with E-state index in [-0.39, 0.29) is 0 Å². The van der Waals surface area contributed by atoms with E-state index in [0.29, 0.717) is 13.1 Å². The average molecular weight is 244 g/mol. The maximum atomic E-state index is 9.52. The summed E-state index contributed by atoms with van der Waals surface area (Å²) in [5.41, 5.74) is 2.17. The molecule has 4 nitrogen and oxygen atoms in total. The second-order valence-corrected chi connectivity index (χ2v) is 4.86. The van der Waals surface area contributed by atoms with Crippen molar-refractivity contribution in [2.24, 2.45) is 0 Å². The lowest BCUT2D eigenvalue weighted by atomic mass is 10.1. The molecule has 1 saturated heterocycles. The third-order valence-electron chi connectivity index (χ3n) is 3.41. The molecule has 0 spiro atoms. The summed E-state index contributed by atoms with van der Waals surface area (Å²) in [5.74, 6) is 0. The van der Waals surface area contributed by atoms with Gasteiger partial charge >= 0.3 is 0 Å². The predicted octanol–water partition coefficient (Wildman–Crippen LogP) is 0.772. The van der Waals surface area contributed by atoms with Crippen LogP contribution in [0.4, 0.5) is 0 Å².